The maximum absolute atomic E-state index is 12.3. The number of carbonyl (C=O) groups excluding carboxylic acids is 1. The van der Waals surface area contributed by atoms with Crippen LogP contribution in [0.2, 0.25) is 5.02 Å². The molecule has 0 aliphatic carbocycles. The normalized spacial score (nSPS) is 15.4. The van der Waals surface area contributed by atoms with E-state index in [-0.39, 0.29) is 22.2 Å². The van der Waals surface area contributed by atoms with Crippen LogP contribution in [0.5, 0.6) is 0 Å². The van der Waals surface area contributed by atoms with E-state index in [1.165, 1.54) is 12.1 Å². The van der Waals surface area contributed by atoms with Gasteiger partial charge in [0.05, 0.1) is 10.5 Å². The first-order valence-electron chi connectivity index (χ1n) is 5.64. The van der Waals surface area contributed by atoms with Crippen molar-refractivity contribution in [1.82, 2.24) is 10.2 Å². The van der Waals surface area contributed by atoms with E-state index in [1.54, 1.807) is 4.90 Å². The van der Waals surface area contributed by atoms with Gasteiger partial charge in [-0.3, -0.25) is 14.9 Å². The van der Waals surface area contributed by atoms with E-state index in [0.717, 1.165) is 0 Å². The fraction of sp³-hybridized carbons (Fsp3) is 0.364. The van der Waals surface area contributed by atoms with Crippen LogP contribution in [-0.2, 0) is 0 Å². The second-order valence-electron chi connectivity index (χ2n) is 4.09. The lowest BCUT2D eigenvalue weighted by atomic mass is 10.1. The van der Waals surface area contributed by atoms with Crippen LogP contribution in [0, 0.1) is 10.1 Å². The van der Waals surface area contributed by atoms with E-state index in [0.29, 0.717) is 30.7 Å². The van der Waals surface area contributed by atoms with Gasteiger partial charge in [0.15, 0.2) is 0 Å². The molecule has 1 aromatic rings. The Balaban J connectivity index is 2.38. The Hall–Kier alpha value is -1.18. The van der Waals surface area contributed by atoms with E-state index in [2.05, 4.69) is 21.2 Å². The SMILES string of the molecule is O=C(c1cc(Br)cc([N+](=O)[O-])c1Cl)N1CCNCC1. The van der Waals surface area contributed by atoms with Crippen molar-refractivity contribution in [3.05, 3.63) is 37.3 Å². The van der Waals surface area contributed by atoms with Crippen LogP contribution in [0.25, 0.3) is 0 Å². The molecule has 2 rings (SSSR count). The minimum absolute atomic E-state index is 0.114. The zero-order valence-electron chi connectivity index (χ0n) is 9.86. The zero-order valence-corrected chi connectivity index (χ0v) is 12.2. The summed E-state index contributed by atoms with van der Waals surface area (Å²) in [6, 6.07) is 2.80. The van der Waals surface area contributed by atoms with Gasteiger partial charge in [-0.15, -0.1) is 0 Å². The van der Waals surface area contributed by atoms with E-state index in [4.69, 9.17) is 11.6 Å². The molecular formula is C11H11BrClN3O3. The van der Waals surface area contributed by atoms with Gasteiger partial charge in [0.1, 0.15) is 5.02 Å². The van der Waals surface area contributed by atoms with Crippen LogP contribution in [0.4, 0.5) is 5.69 Å². The van der Waals surface area contributed by atoms with Gasteiger partial charge in [-0.05, 0) is 6.07 Å². The average molecular weight is 349 g/mol. The number of nitro groups is 1. The van der Waals surface area contributed by atoms with E-state index < -0.39 is 4.92 Å². The molecule has 0 saturated carbocycles. The predicted molar refractivity (Wildman–Crippen MR) is 74.6 cm³/mol. The first-order valence-corrected chi connectivity index (χ1v) is 6.81. The number of amides is 1. The molecule has 0 aromatic heterocycles. The monoisotopic (exact) mass is 347 g/mol. The molecule has 0 unspecified atom stereocenters. The van der Waals surface area contributed by atoms with Crippen LogP contribution < -0.4 is 5.32 Å². The first-order chi connectivity index (χ1) is 9.00. The smallest absolute Gasteiger partial charge is 0.289 e. The van der Waals surface area contributed by atoms with Crippen LogP contribution in [-0.4, -0.2) is 41.9 Å². The number of benzene rings is 1. The van der Waals surface area contributed by atoms with Crippen molar-refractivity contribution >= 4 is 39.1 Å². The largest absolute Gasteiger partial charge is 0.336 e. The number of hydrogen-bond acceptors (Lipinski definition) is 4. The molecule has 0 radical (unpaired) electrons. The summed E-state index contributed by atoms with van der Waals surface area (Å²) in [6.07, 6.45) is 0. The Morgan fingerprint density at radius 3 is 2.63 bits per heavy atom. The molecule has 1 aromatic carbocycles. The second-order valence-corrected chi connectivity index (χ2v) is 5.38. The van der Waals surface area contributed by atoms with Crippen molar-refractivity contribution in [3.8, 4) is 0 Å². The summed E-state index contributed by atoms with van der Waals surface area (Å²) in [5.41, 5.74) is -0.112. The highest BCUT2D eigenvalue weighted by atomic mass is 79.9. The van der Waals surface area contributed by atoms with Gasteiger partial charge in [-0.25, -0.2) is 0 Å². The molecule has 1 N–H and O–H groups in total. The third kappa shape index (κ3) is 3.05. The van der Waals surface area contributed by atoms with Gasteiger partial charge in [0.2, 0.25) is 0 Å². The minimum atomic E-state index is -0.596. The van der Waals surface area contributed by atoms with Gasteiger partial charge in [-0.1, -0.05) is 27.5 Å². The van der Waals surface area contributed by atoms with E-state index >= 15 is 0 Å². The standard InChI is InChI=1S/C11H11BrClN3O3/c12-7-5-8(10(13)9(6-7)16(18)19)11(17)15-3-1-14-2-4-15/h5-6,14H,1-4H2. The topological polar surface area (TPSA) is 75.5 Å². The Morgan fingerprint density at radius 1 is 1.42 bits per heavy atom. The van der Waals surface area contributed by atoms with Gasteiger partial charge in [0.25, 0.3) is 11.6 Å². The molecule has 1 heterocycles. The number of piperazine rings is 1. The molecule has 8 heteroatoms. The van der Waals surface area contributed by atoms with Crippen molar-refractivity contribution in [2.45, 2.75) is 0 Å². The molecule has 1 saturated heterocycles. The van der Waals surface area contributed by atoms with Crippen molar-refractivity contribution in [3.63, 3.8) is 0 Å². The van der Waals surface area contributed by atoms with E-state index in [9.17, 15) is 14.9 Å². The highest BCUT2D eigenvalue weighted by Gasteiger charge is 2.25. The lowest BCUT2D eigenvalue weighted by Gasteiger charge is -2.27. The van der Waals surface area contributed by atoms with Gasteiger partial charge in [0, 0.05) is 36.7 Å². The summed E-state index contributed by atoms with van der Waals surface area (Å²) >= 11 is 9.13. The summed E-state index contributed by atoms with van der Waals surface area (Å²) in [5.74, 6) is -0.282. The van der Waals surface area contributed by atoms with Crippen LogP contribution in [0.15, 0.2) is 16.6 Å². The van der Waals surface area contributed by atoms with E-state index in [1.807, 2.05) is 0 Å². The number of hydrogen-bond donors (Lipinski definition) is 1. The van der Waals surface area contributed by atoms with Gasteiger partial charge >= 0.3 is 0 Å². The molecule has 19 heavy (non-hydrogen) atoms. The number of nitrogens with one attached hydrogen (secondary N) is 1. The summed E-state index contributed by atoms with van der Waals surface area (Å²) in [7, 11) is 0. The average Bonchev–Trinajstić information content (AvgIpc) is 2.41. The Bertz CT molecular complexity index is 532. The van der Waals surface area contributed by atoms with Crippen molar-refractivity contribution < 1.29 is 9.72 Å². The lowest BCUT2D eigenvalue weighted by molar-refractivity contribution is -0.384. The van der Waals surface area contributed by atoms with Gasteiger partial charge in [-0.2, -0.15) is 0 Å². The van der Waals surface area contributed by atoms with Crippen LogP contribution in [0.1, 0.15) is 10.4 Å². The number of halogens is 2. The Kier molecular flexibility index (Phi) is 4.38. The zero-order chi connectivity index (χ0) is 14.0. The van der Waals surface area contributed by atoms with Gasteiger partial charge < -0.3 is 10.2 Å². The van der Waals surface area contributed by atoms with Crippen molar-refractivity contribution in [2.24, 2.45) is 0 Å². The third-order valence-corrected chi connectivity index (χ3v) is 3.70. The molecule has 6 nitrogen and oxygen atoms in total. The predicted octanol–water partition coefficient (Wildman–Crippen LogP) is 2.06. The summed E-state index contributed by atoms with van der Waals surface area (Å²) in [4.78, 5) is 24.2. The first kappa shape index (κ1) is 14.2. The van der Waals surface area contributed by atoms with Crippen LogP contribution in [0.3, 0.4) is 0 Å². The number of carbonyl (C=O) groups is 1. The molecule has 102 valence electrons. The fourth-order valence-electron chi connectivity index (χ4n) is 1.90. The van der Waals surface area contributed by atoms with Crippen molar-refractivity contribution in [2.75, 3.05) is 26.2 Å². The highest BCUT2D eigenvalue weighted by Crippen LogP contribution is 2.32. The molecule has 1 aliphatic rings. The lowest BCUT2D eigenvalue weighted by Crippen LogP contribution is -2.46. The number of nitrogens with zero attached hydrogens (tertiary/aromatic N) is 2. The van der Waals surface area contributed by atoms with Crippen molar-refractivity contribution in [1.29, 1.82) is 0 Å². The molecular weight excluding hydrogens is 337 g/mol. The molecule has 1 aliphatic heterocycles. The minimum Gasteiger partial charge on any atom is -0.336 e. The molecule has 1 amide bonds. The summed E-state index contributed by atoms with van der Waals surface area (Å²) in [5, 5.41) is 13.9. The molecule has 0 atom stereocenters. The Morgan fingerprint density at radius 2 is 2.05 bits per heavy atom. The molecule has 0 bridgehead atoms. The number of nitro benzene ring substituents is 1. The number of rotatable bonds is 2. The summed E-state index contributed by atoms with van der Waals surface area (Å²) in [6.45, 7) is 2.55. The van der Waals surface area contributed by atoms with Crippen LogP contribution >= 0.6 is 27.5 Å². The molecule has 1 fully saturated rings. The molecule has 0 spiro atoms. The second kappa shape index (κ2) is 5.85. The Labute approximate surface area is 123 Å². The fourth-order valence-corrected chi connectivity index (χ4v) is 2.61. The maximum atomic E-state index is 12.3. The highest BCUT2D eigenvalue weighted by molar-refractivity contribution is 9.10. The maximum Gasteiger partial charge on any atom is 0.289 e. The quantitative estimate of drug-likeness (QED) is 0.656. The third-order valence-electron chi connectivity index (χ3n) is 2.85. The summed E-state index contributed by atoms with van der Waals surface area (Å²) < 4.78 is 0.460.